The number of aromatic amines is 1. The van der Waals surface area contributed by atoms with E-state index in [0.717, 1.165) is 41.0 Å². The number of nitrogens with one attached hydrogen (secondary N) is 3. The summed E-state index contributed by atoms with van der Waals surface area (Å²) < 4.78 is 0. The predicted molar refractivity (Wildman–Crippen MR) is 77.9 cm³/mol. The second-order valence-electron chi connectivity index (χ2n) is 5.16. The van der Waals surface area contributed by atoms with Crippen molar-refractivity contribution in [2.24, 2.45) is 0 Å². The van der Waals surface area contributed by atoms with E-state index >= 15 is 0 Å². The van der Waals surface area contributed by atoms with Gasteiger partial charge in [-0.05, 0) is 31.0 Å². The molecule has 2 aromatic rings. The molecule has 0 fully saturated rings. The molecular weight excluding hydrogens is 252 g/mol. The number of H-pyrrole nitrogens is 1. The number of carbonyl (C=O) groups excluding carboxylic acids is 1. The molecule has 1 aromatic heterocycles. The highest BCUT2D eigenvalue weighted by molar-refractivity contribution is 6.04. The highest BCUT2D eigenvalue weighted by Gasteiger charge is 2.21. The first kappa shape index (κ1) is 12.9. The average Bonchev–Trinajstić information content (AvgIpc) is 2.88. The number of aromatic nitrogens is 2. The summed E-state index contributed by atoms with van der Waals surface area (Å²) in [4.78, 5) is 12.4. The van der Waals surface area contributed by atoms with E-state index in [1.54, 1.807) is 0 Å². The Balaban J connectivity index is 1.86. The molecule has 0 aliphatic carbocycles. The minimum atomic E-state index is -0.153. The number of benzene rings is 1. The van der Waals surface area contributed by atoms with Crippen molar-refractivity contribution in [2.45, 2.75) is 26.8 Å². The molecule has 1 aliphatic rings. The molecule has 0 unspecified atom stereocenters. The number of anilines is 1. The van der Waals surface area contributed by atoms with Gasteiger partial charge in [-0.25, -0.2) is 0 Å². The van der Waals surface area contributed by atoms with Crippen molar-refractivity contribution < 1.29 is 4.79 Å². The fraction of sp³-hybridized carbons (Fsp3) is 0.333. The fourth-order valence-corrected chi connectivity index (χ4v) is 2.48. The average molecular weight is 270 g/mol. The molecule has 5 nitrogen and oxygen atoms in total. The van der Waals surface area contributed by atoms with Gasteiger partial charge < -0.3 is 10.6 Å². The number of hydrogen-bond donors (Lipinski definition) is 3. The molecule has 104 valence electrons. The molecule has 5 heteroatoms. The Hall–Kier alpha value is -2.14. The van der Waals surface area contributed by atoms with Gasteiger partial charge in [-0.1, -0.05) is 12.1 Å². The van der Waals surface area contributed by atoms with Crippen molar-refractivity contribution in [2.75, 3.05) is 11.9 Å². The van der Waals surface area contributed by atoms with Gasteiger partial charge in [0.2, 0.25) is 0 Å². The lowest BCUT2D eigenvalue weighted by Crippen LogP contribution is -2.25. The Morgan fingerprint density at radius 1 is 1.35 bits per heavy atom. The van der Waals surface area contributed by atoms with Crippen LogP contribution in [0.1, 0.15) is 32.9 Å². The van der Waals surface area contributed by atoms with Gasteiger partial charge in [-0.15, -0.1) is 0 Å². The van der Waals surface area contributed by atoms with Crippen LogP contribution in [0.5, 0.6) is 0 Å². The third-order valence-corrected chi connectivity index (χ3v) is 3.87. The van der Waals surface area contributed by atoms with Crippen LogP contribution in [0.15, 0.2) is 18.2 Å². The number of amides is 1. The molecule has 0 radical (unpaired) electrons. The maximum atomic E-state index is 12.4. The topological polar surface area (TPSA) is 69.8 Å². The molecule has 0 bridgehead atoms. The van der Waals surface area contributed by atoms with Gasteiger partial charge in [-0.2, -0.15) is 5.10 Å². The summed E-state index contributed by atoms with van der Waals surface area (Å²) in [7, 11) is 0. The maximum Gasteiger partial charge on any atom is 0.276 e. The van der Waals surface area contributed by atoms with Gasteiger partial charge in [0.25, 0.3) is 5.91 Å². The summed E-state index contributed by atoms with van der Waals surface area (Å²) >= 11 is 0. The highest BCUT2D eigenvalue weighted by atomic mass is 16.1. The SMILES string of the molecule is Cc1cccc(NC(=O)c2n[nH]c3c2CNCC3)c1C. The molecule has 0 saturated heterocycles. The quantitative estimate of drug-likeness (QED) is 0.781. The van der Waals surface area contributed by atoms with Crippen LogP contribution in [-0.4, -0.2) is 22.6 Å². The third kappa shape index (κ3) is 2.20. The van der Waals surface area contributed by atoms with Crippen LogP contribution >= 0.6 is 0 Å². The van der Waals surface area contributed by atoms with Crippen LogP contribution in [0.25, 0.3) is 0 Å². The number of rotatable bonds is 2. The van der Waals surface area contributed by atoms with Crippen LogP contribution in [0.2, 0.25) is 0 Å². The monoisotopic (exact) mass is 270 g/mol. The summed E-state index contributed by atoms with van der Waals surface area (Å²) in [6.07, 6.45) is 0.888. The maximum absolute atomic E-state index is 12.4. The van der Waals surface area contributed by atoms with E-state index in [2.05, 4.69) is 20.8 Å². The summed E-state index contributed by atoms with van der Waals surface area (Å²) in [5, 5.41) is 13.4. The van der Waals surface area contributed by atoms with E-state index < -0.39 is 0 Å². The van der Waals surface area contributed by atoms with Crippen molar-refractivity contribution in [1.29, 1.82) is 0 Å². The largest absolute Gasteiger partial charge is 0.320 e. The normalized spacial score (nSPS) is 13.9. The Bertz CT molecular complexity index is 660. The van der Waals surface area contributed by atoms with Gasteiger partial charge in [0.15, 0.2) is 5.69 Å². The van der Waals surface area contributed by atoms with Crippen molar-refractivity contribution in [3.63, 3.8) is 0 Å². The first-order chi connectivity index (χ1) is 9.66. The first-order valence-corrected chi connectivity index (χ1v) is 6.81. The minimum Gasteiger partial charge on any atom is -0.320 e. The van der Waals surface area contributed by atoms with E-state index in [0.29, 0.717) is 12.2 Å². The lowest BCUT2D eigenvalue weighted by atomic mass is 10.1. The molecule has 1 aromatic carbocycles. The van der Waals surface area contributed by atoms with Crippen LogP contribution in [-0.2, 0) is 13.0 Å². The number of nitrogens with zero attached hydrogens (tertiary/aromatic N) is 1. The van der Waals surface area contributed by atoms with Crippen LogP contribution in [0, 0.1) is 13.8 Å². The van der Waals surface area contributed by atoms with Crippen molar-refractivity contribution in [3.8, 4) is 0 Å². The first-order valence-electron chi connectivity index (χ1n) is 6.81. The molecule has 2 heterocycles. The summed E-state index contributed by atoms with van der Waals surface area (Å²) in [5.41, 5.74) is 5.63. The second-order valence-corrected chi connectivity index (χ2v) is 5.16. The molecule has 1 aliphatic heterocycles. The van der Waals surface area contributed by atoms with E-state index in [-0.39, 0.29) is 5.91 Å². The zero-order chi connectivity index (χ0) is 14.1. The lowest BCUT2D eigenvalue weighted by Gasteiger charge is -2.13. The van der Waals surface area contributed by atoms with Gasteiger partial charge >= 0.3 is 0 Å². The lowest BCUT2D eigenvalue weighted by molar-refractivity contribution is 0.102. The Morgan fingerprint density at radius 2 is 2.20 bits per heavy atom. The minimum absolute atomic E-state index is 0.153. The highest BCUT2D eigenvalue weighted by Crippen LogP contribution is 2.20. The Kier molecular flexibility index (Phi) is 3.28. The Morgan fingerprint density at radius 3 is 3.05 bits per heavy atom. The van der Waals surface area contributed by atoms with Crippen LogP contribution < -0.4 is 10.6 Å². The number of fused-ring (bicyclic) bond motifs is 1. The standard InChI is InChI=1S/C15H18N4O/c1-9-4-3-5-12(10(9)2)17-15(20)14-11-8-16-7-6-13(11)18-19-14/h3-5,16H,6-8H2,1-2H3,(H,17,20)(H,18,19). The van der Waals surface area contributed by atoms with Gasteiger partial charge in [0.1, 0.15) is 0 Å². The molecule has 3 rings (SSSR count). The zero-order valence-corrected chi connectivity index (χ0v) is 11.7. The van der Waals surface area contributed by atoms with Crippen molar-refractivity contribution >= 4 is 11.6 Å². The zero-order valence-electron chi connectivity index (χ0n) is 11.7. The molecular formula is C15H18N4O. The fourth-order valence-electron chi connectivity index (χ4n) is 2.48. The number of carbonyl (C=O) groups is 1. The Labute approximate surface area is 117 Å². The van der Waals surface area contributed by atoms with Crippen LogP contribution in [0.4, 0.5) is 5.69 Å². The van der Waals surface area contributed by atoms with Gasteiger partial charge in [0.05, 0.1) is 0 Å². The molecule has 3 N–H and O–H groups in total. The number of aryl methyl sites for hydroxylation is 1. The molecule has 1 amide bonds. The van der Waals surface area contributed by atoms with Gasteiger partial charge in [-0.3, -0.25) is 9.89 Å². The van der Waals surface area contributed by atoms with Gasteiger partial charge in [0, 0.05) is 36.5 Å². The second kappa shape index (κ2) is 5.09. The third-order valence-electron chi connectivity index (χ3n) is 3.87. The molecule has 0 saturated carbocycles. The van der Waals surface area contributed by atoms with Crippen LogP contribution in [0.3, 0.4) is 0 Å². The summed E-state index contributed by atoms with van der Waals surface area (Å²) in [6, 6.07) is 5.89. The van der Waals surface area contributed by atoms with E-state index in [4.69, 9.17) is 0 Å². The molecule has 0 spiro atoms. The van der Waals surface area contributed by atoms with E-state index in [9.17, 15) is 4.79 Å². The number of hydrogen-bond acceptors (Lipinski definition) is 3. The molecule has 20 heavy (non-hydrogen) atoms. The predicted octanol–water partition coefficient (Wildman–Crippen LogP) is 1.92. The smallest absolute Gasteiger partial charge is 0.276 e. The molecule has 0 atom stereocenters. The summed E-state index contributed by atoms with van der Waals surface area (Å²) in [6.45, 7) is 5.66. The van der Waals surface area contributed by atoms with Crippen molar-refractivity contribution in [1.82, 2.24) is 15.5 Å². The van der Waals surface area contributed by atoms with E-state index in [1.165, 1.54) is 0 Å². The van der Waals surface area contributed by atoms with Crippen molar-refractivity contribution in [3.05, 3.63) is 46.3 Å². The van der Waals surface area contributed by atoms with E-state index in [1.807, 2.05) is 32.0 Å². The summed E-state index contributed by atoms with van der Waals surface area (Å²) in [5.74, 6) is -0.153.